The maximum absolute atomic E-state index is 5.01. The molecule has 19 heavy (non-hydrogen) atoms. The Hall–Kier alpha value is -0.800. The lowest BCUT2D eigenvalue weighted by Crippen LogP contribution is -2.18. The fourth-order valence-electron chi connectivity index (χ4n) is 2.22. The van der Waals surface area contributed by atoms with Crippen LogP contribution in [0.2, 0.25) is 0 Å². The normalized spacial score (nSPS) is 11.1. The van der Waals surface area contributed by atoms with E-state index < -0.39 is 0 Å². The molecule has 0 unspecified atom stereocenters. The number of rotatable bonds is 12. The first kappa shape index (κ1) is 16.3. The van der Waals surface area contributed by atoms with E-state index in [4.69, 9.17) is 4.74 Å². The first-order valence-corrected chi connectivity index (χ1v) is 7.71. The minimum Gasteiger partial charge on any atom is -0.383 e. The maximum atomic E-state index is 5.01. The number of ether oxygens (including phenoxy) is 1. The number of aryl methyl sites for hydroxylation is 1. The number of methoxy groups -OCH3 is 1. The lowest BCUT2D eigenvalue weighted by Gasteiger charge is -2.04. The Kier molecular flexibility index (Phi) is 9.46. The molecule has 0 bridgehead atoms. The van der Waals surface area contributed by atoms with E-state index in [-0.39, 0.29) is 0 Å². The standard InChI is InChI=1S/C16H30N2O/c1-3-4-5-6-7-8-11-18-12-9-16(15-18)14-17-10-13-19-2/h9,12,15,17H,3-8,10-11,13-14H2,1-2H3. The Morgan fingerprint density at radius 1 is 1.16 bits per heavy atom. The molecule has 0 saturated carbocycles. The van der Waals surface area contributed by atoms with Crippen LogP contribution in [0.4, 0.5) is 0 Å². The Bertz CT molecular complexity index is 309. The average molecular weight is 266 g/mol. The molecule has 0 amide bonds. The van der Waals surface area contributed by atoms with Gasteiger partial charge in [-0.05, 0) is 18.1 Å². The first-order valence-electron chi connectivity index (χ1n) is 7.71. The third kappa shape index (κ3) is 8.06. The molecule has 0 aliphatic carbocycles. The summed E-state index contributed by atoms with van der Waals surface area (Å²) in [5.41, 5.74) is 1.36. The molecule has 110 valence electrons. The summed E-state index contributed by atoms with van der Waals surface area (Å²) in [6.45, 7) is 6.05. The fraction of sp³-hybridized carbons (Fsp3) is 0.750. The van der Waals surface area contributed by atoms with Crippen molar-refractivity contribution in [1.29, 1.82) is 0 Å². The third-order valence-electron chi connectivity index (χ3n) is 3.39. The van der Waals surface area contributed by atoms with Gasteiger partial charge in [-0.2, -0.15) is 0 Å². The van der Waals surface area contributed by atoms with Crippen molar-refractivity contribution in [3.8, 4) is 0 Å². The molecule has 0 aliphatic rings. The van der Waals surface area contributed by atoms with Crippen LogP contribution in [0, 0.1) is 0 Å². The molecule has 3 nitrogen and oxygen atoms in total. The molecule has 0 aliphatic heterocycles. The summed E-state index contributed by atoms with van der Waals surface area (Å²) >= 11 is 0. The van der Waals surface area contributed by atoms with Crippen LogP contribution >= 0.6 is 0 Å². The van der Waals surface area contributed by atoms with E-state index in [1.807, 2.05) is 0 Å². The molecule has 0 saturated heterocycles. The largest absolute Gasteiger partial charge is 0.383 e. The van der Waals surface area contributed by atoms with Crippen molar-refractivity contribution < 1.29 is 4.74 Å². The highest BCUT2D eigenvalue weighted by molar-refractivity contribution is 5.09. The average Bonchev–Trinajstić information content (AvgIpc) is 2.87. The number of unbranched alkanes of at least 4 members (excludes halogenated alkanes) is 5. The van der Waals surface area contributed by atoms with Crippen molar-refractivity contribution in [2.75, 3.05) is 20.3 Å². The third-order valence-corrected chi connectivity index (χ3v) is 3.39. The number of hydrogen-bond acceptors (Lipinski definition) is 2. The molecule has 0 aromatic carbocycles. The monoisotopic (exact) mass is 266 g/mol. The molecule has 1 heterocycles. The van der Waals surface area contributed by atoms with Crippen LogP contribution in [0.1, 0.15) is 51.0 Å². The zero-order chi connectivity index (χ0) is 13.8. The Labute approximate surface area is 118 Å². The second kappa shape index (κ2) is 11.1. The number of nitrogens with zero attached hydrogens (tertiary/aromatic N) is 1. The van der Waals surface area contributed by atoms with Gasteiger partial charge in [0.15, 0.2) is 0 Å². The van der Waals surface area contributed by atoms with E-state index in [0.29, 0.717) is 0 Å². The summed E-state index contributed by atoms with van der Waals surface area (Å²) in [6, 6.07) is 2.21. The van der Waals surface area contributed by atoms with Crippen LogP contribution in [0.15, 0.2) is 18.5 Å². The van der Waals surface area contributed by atoms with Crippen LogP contribution in [-0.2, 0) is 17.8 Å². The van der Waals surface area contributed by atoms with Gasteiger partial charge in [-0.25, -0.2) is 0 Å². The van der Waals surface area contributed by atoms with Crippen LogP contribution < -0.4 is 5.32 Å². The Balaban J connectivity index is 2.06. The maximum Gasteiger partial charge on any atom is 0.0587 e. The second-order valence-electron chi connectivity index (χ2n) is 5.19. The van der Waals surface area contributed by atoms with E-state index in [1.165, 1.54) is 44.1 Å². The van der Waals surface area contributed by atoms with Gasteiger partial charge in [0.2, 0.25) is 0 Å². The number of nitrogens with one attached hydrogen (secondary N) is 1. The summed E-state index contributed by atoms with van der Waals surface area (Å²) in [5.74, 6) is 0. The number of aromatic nitrogens is 1. The summed E-state index contributed by atoms with van der Waals surface area (Å²) < 4.78 is 7.32. The van der Waals surface area contributed by atoms with Gasteiger partial charge in [-0.15, -0.1) is 0 Å². The van der Waals surface area contributed by atoms with Gasteiger partial charge in [0.25, 0.3) is 0 Å². The van der Waals surface area contributed by atoms with Crippen molar-refractivity contribution >= 4 is 0 Å². The smallest absolute Gasteiger partial charge is 0.0587 e. The van der Waals surface area contributed by atoms with Crippen molar-refractivity contribution in [2.45, 2.75) is 58.5 Å². The lowest BCUT2D eigenvalue weighted by atomic mass is 10.1. The molecule has 1 rings (SSSR count). The Morgan fingerprint density at radius 2 is 1.95 bits per heavy atom. The number of hydrogen-bond donors (Lipinski definition) is 1. The fourth-order valence-corrected chi connectivity index (χ4v) is 2.22. The highest BCUT2D eigenvalue weighted by atomic mass is 16.5. The molecule has 1 N–H and O–H groups in total. The molecular weight excluding hydrogens is 236 g/mol. The predicted octanol–water partition coefficient (Wildman–Crippen LogP) is 3.58. The van der Waals surface area contributed by atoms with E-state index in [9.17, 15) is 0 Å². The molecule has 0 atom stereocenters. The van der Waals surface area contributed by atoms with Crippen molar-refractivity contribution in [2.24, 2.45) is 0 Å². The minimum absolute atomic E-state index is 0.776. The quantitative estimate of drug-likeness (QED) is 0.585. The van der Waals surface area contributed by atoms with Crippen molar-refractivity contribution in [3.63, 3.8) is 0 Å². The van der Waals surface area contributed by atoms with Gasteiger partial charge in [-0.3, -0.25) is 0 Å². The molecular formula is C16H30N2O. The summed E-state index contributed by atoms with van der Waals surface area (Å²) in [5, 5.41) is 3.37. The topological polar surface area (TPSA) is 26.2 Å². The SMILES string of the molecule is CCCCCCCCn1ccc(CNCCOC)c1. The van der Waals surface area contributed by atoms with Crippen molar-refractivity contribution in [1.82, 2.24) is 9.88 Å². The van der Waals surface area contributed by atoms with Gasteiger partial charge in [-0.1, -0.05) is 39.0 Å². The van der Waals surface area contributed by atoms with Crippen LogP contribution in [0.5, 0.6) is 0 Å². The van der Waals surface area contributed by atoms with E-state index in [1.54, 1.807) is 7.11 Å². The zero-order valence-corrected chi connectivity index (χ0v) is 12.7. The van der Waals surface area contributed by atoms with Crippen LogP contribution in [0.25, 0.3) is 0 Å². The molecule has 1 aromatic rings. The molecule has 0 fully saturated rings. The van der Waals surface area contributed by atoms with Crippen LogP contribution in [-0.4, -0.2) is 24.8 Å². The van der Waals surface area contributed by atoms with Gasteiger partial charge >= 0.3 is 0 Å². The molecule has 0 spiro atoms. The Morgan fingerprint density at radius 3 is 2.74 bits per heavy atom. The zero-order valence-electron chi connectivity index (χ0n) is 12.7. The summed E-state index contributed by atoms with van der Waals surface area (Å²) in [7, 11) is 1.73. The molecule has 1 aromatic heterocycles. The summed E-state index contributed by atoms with van der Waals surface area (Å²) in [6.07, 6.45) is 12.6. The predicted molar refractivity (Wildman–Crippen MR) is 81.4 cm³/mol. The van der Waals surface area contributed by atoms with E-state index in [0.717, 1.165) is 26.2 Å². The van der Waals surface area contributed by atoms with Gasteiger partial charge in [0.05, 0.1) is 6.61 Å². The summed E-state index contributed by atoms with van der Waals surface area (Å²) in [4.78, 5) is 0. The molecule has 3 heteroatoms. The van der Waals surface area contributed by atoms with E-state index >= 15 is 0 Å². The van der Waals surface area contributed by atoms with E-state index in [2.05, 4.69) is 35.3 Å². The lowest BCUT2D eigenvalue weighted by molar-refractivity contribution is 0.199. The van der Waals surface area contributed by atoms with Crippen molar-refractivity contribution in [3.05, 3.63) is 24.0 Å². The highest BCUT2D eigenvalue weighted by Crippen LogP contribution is 2.07. The second-order valence-corrected chi connectivity index (χ2v) is 5.19. The highest BCUT2D eigenvalue weighted by Gasteiger charge is 1.97. The molecule has 0 radical (unpaired) electrons. The minimum atomic E-state index is 0.776. The van der Waals surface area contributed by atoms with Gasteiger partial charge in [0, 0.05) is 39.1 Å². The first-order chi connectivity index (χ1) is 9.36. The van der Waals surface area contributed by atoms with Gasteiger partial charge in [0.1, 0.15) is 0 Å². The van der Waals surface area contributed by atoms with Crippen LogP contribution in [0.3, 0.4) is 0 Å². The van der Waals surface area contributed by atoms with Gasteiger partial charge < -0.3 is 14.6 Å².